The fraction of sp³-hybridized carbons (Fsp3) is 1.00. The van der Waals surface area contributed by atoms with Crippen LogP contribution in [0.4, 0.5) is 0 Å². The molecule has 0 aliphatic carbocycles. The fourth-order valence-corrected chi connectivity index (χ4v) is 1.53. The summed E-state index contributed by atoms with van der Waals surface area (Å²) in [4.78, 5) is 0. The predicted molar refractivity (Wildman–Crippen MR) is 41.7 cm³/mol. The minimum absolute atomic E-state index is 0.0165. The van der Waals surface area contributed by atoms with E-state index in [-0.39, 0.29) is 12.7 Å². The van der Waals surface area contributed by atoms with Gasteiger partial charge in [0, 0.05) is 6.42 Å². The molecule has 66 valence electrons. The second-order valence-corrected chi connectivity index (χ2v) is 3.42. The van der Waals surface area contributed by atoms with Crippen LogP contribution in [-0.2, 0) is 4.74 Å². The van der Waals surface area contributed by atoms with E-state index in [4.69, 9.17) is 21.4 Å². The molecule has 11 heavy (non-hydrogen) atoms. The van der Waals surface area contributed by atoms with E-state index >= 15 is 0 Å². The van der Waals surface area contributed by atoms with Crippen molar-refractivity contribution in [2.24, 2.45) is 0 Å². The van der Waals surface area contributed by atoms with E-state index < -0.39 is 17.6 Å². The number of aliphatic hydroxyl groups excluding tert-OH is 2. The van der Waals surface area contributed by atoms with E-state index in [0.29, 0.717) is 6.42 Å². The van der Waals surface area contributed by atoms with E-state index in [2.05, 4.69) is 0 Å². The molecular weight excluding hydrogens is 168 g/mol. The maximum atomic E-state index is 9.33. The molecule has 0 aromatic carbocycles. The van der Waals surface area contributed by atoms with Gasteiger partial charge in [-0.05, 0) is 6.92 Å². The zero-order valence-corrected chi connectivity index (χ0v) is 7.16. The highest BCUT2D eigenvalue weighted by Crippen LogP contribution is 2.23. The molecule has 0 spiro atoms. The van der Waals surface area contributed by atoms with Crippen molar-refractivity contribution in [3.63, 3.8) is 0 Å². The zero-order chi connectivity index (χ0) is 8.43. The molecule has 0 aromatic rings. The molecule has 4 atom stereocenters. The van der Waals surface area contributed by atoms with Gasteiger partial charge in [0.2, 0.25) is 0 Å². The Labute approximate surface area is 70.9 Å². The van der Waals surface area contributed by atoms with Crippen molar-refractivity contribution in [3.05, 3.63) is 0 Å². The average Bonchev–Trinajstić information content (AvgIpc) is 1.96. The minimum atomic E-state index is -0.558. The van der Waals surface area contributed by atoms with Crippen molar-refractivity contribution >= 4 is 11.6 Å². The number of aliphatic hydroxyl groups is 2. The second-order valence-electron chi connectivity index (χ2n) is 2.92. The summed E-state index contributed by atoms with van der Waals surface area (Å²) in [5.74, 6) is 0. The predicted octanol–water partition coefficient (Wildman–Crippen LogP) is 0.124. The summed E-state index contributed by atoms with van der Waals surface area (Å²) in [5.41, 5.74) is 0. The van der Waals surface area contributed by atoms with Crippen molar-refractivity contribution in [2.75, 3.05) is 6.61 Å². The minimum Gasteiger partial charge on any atom is -0.394 e. The first-order valence-corrected chi connectivity index (χ1v) is 4.17. The largest absolute Gasteiger partial charge is 0.394 e. The lowest BCUT2D eigenvalue weighted by Gasteiger charge is -2.34. The molecule has 1 heterocycles. The third-order valence-electron chi connectivity index (χ3n) is 1.88. The number of alkyl halides is 1. The van der Waals surface area contributed by atoms with Crippen molar-refractivity contribution in [3.8, 4) is 0 Å². The molecule has 1 rings (SSSR count). The van der Waals surface area contributed by atoms with E-state index in [9.17, 15) is 5.11 Å². The average molecular weight is 181 g/mol. The number of hydrogen-bond donors (Lipinski definition) is 2. The Morgan fingerprint density at radius 1 is 1.64 bits per heavy atom. The Bertz CT molecular complexity index is 131. The number of hydrogen-bond acceptors (Lipinski definition) is 3. The van der Waals surface area contributed by atoms with E-state index in [1.165, 1.54) is 0 Å². The Morgan fingerprint density at radius 2 is 2.27 bits per heavy atom. The highest BCUT2D eigenvalue weighted by atomic mass is 35.5. The molecule has 0 aromatic heterocycles. The molecule has 1 saturated heterocycles. The summed E-state index contributed by atoms with van der Waals surface area (Å²) >= 11 is 5.76. The van der Waals surface area contributed by atoms with Crippen LogP contribution in [-0.4, -0.2) is 40.5 Å². The molecule has 2 unspecified atom stereocenters. The smallest absolute Gasteiger partial charge is 0.0997 e. The van der Waals surface area contributed by atoms with Crippen LogP contribution in [0.1, 0.15) is 13.3 Å². The van der Waals surface area contributed by atoms with Gasteiger partial charge >= 0.3 is 0 Å². The third kappa shape index (κ3) is 2.06. The second kappa shape index (κ2) is 3.72. The van der Waals surface area contributed by atoms with Crippen LogP contribution in [0.15, 0.2) is 0 Å². The number of ether oxygens (including phenoxy) is 1. The molecule has 1 fully saturated rings. The van der Waals surface area contributed by atoms with Gasteiger partial charge in [-0.2, -0.15) is 0 Å². The van der Waals surface area contributed by atoms with Crippen LogP contribution >= 0.6 is 11.6 Å². The van der Waals surface area contributed by atoms with Crippen LogP contribution in [0.3, 0.4) is 0 Å². The van der Waals surface area contributed by atoms with E-state index in [1.54, 1.807) is 0 Å². The van der Waals surface area contributed by atoms with Crippen molar-refractivity contribution in [1.82, 2.24) is 0 Å². The highest BCUT2D eigenvalue weighted by Gasteiger charge is 2.34. The first kappa shape index (κ1) is 9.26. The van der Waals surface area contributed by atoms with Gasteiger partial charge in [-0.25, -0.2) is 0 Å². The van der Waals surface area contributed by atoms with Crippen LogP contribution in [0.5, 0.6) is 0 Å². The number of rotatable bonds is 1. The Morgan fingerprint density at radius 3 is 2.82 bits per heavy atom. The van der Waals surface area contributed by atoms with Gasteiger partial charge in [-0.1, -0.05) is 0 Å². The van der Waals surface area contributed by atoms with Crippen LogP contribution < -0.4 is 0 Å². The summed E-state index contributed by atoms with van der Waals surface area (Å²) < 4.78 is 5.28. The van der Waals surface area contributed by atoms with Gasteiger partial charge in [0.15, 0.2) is 0 Å². The molecule has 0 saturated carbocycles. The highest BCUT2D eigenvalue weighted by molar-refractivity contribution is 6.21. The summed E-state index contributed by atoms with van der Waals surface area (Å²) in [6, 6.07) is 0. The van der Waals surface area contributed by atoms with Gasteiger partial charge in [0.25, 0.3) is 0 Å². The molecule has 1 aliphatic heterocycles. The standard InChI is InChI=1S/C7H13ClO3/c1-4-2-5(10)7(8)6(3-9)11-4/h4-7,9-10H,2-3H2,1H3/t4-,5?,6?,7-/m0/s1. The Balaban J connectivity index is 2.51. The summed E-state index contributed by atoms with van der Waals surface area (Å²) in [6.07, 6.45) is -0.449. The van der Waals surface area contributed by atoms with Gasteiger partial charge in [0.05, 0.1) is 30.3 Å². The third-order valence-corrected chi connectivity index (χ3v) is 2.46. The van der Waals surface area contributed by atoms with E-state index in [0.717, 1.165) is 0 Å². The maximum absolute atomic E-state index is 9.33. The lowest BCUT2D eigenvalue weighted by molar-refractivity contribution is -0.100. The topological polar surface area (TPSA) is 49.7 Å². The fourth-order valence-electron chi connectivity index (χ4n) is 1.29. The molecule has 0 bridgehead atoms. The van der Waals surface area contributed by atoms with Crippen molar-refractivity contribution in [2.45, 2.75) is 37.0 Å². The lowest BCUT2D eigenvalue weighted by Crippen LogP contribution is -2.46. The molecule has 3 nitrogen and oxygen atoms in total. The van der Waals surface area contributed by atoms with E-state index in [1.807, 2.05) is 6.92 Å². The molecule has 2 N–H and O–H groups in total. The quantitative estimate of drug-likeness (QED) is 0.564. The molecule has 4 heteroatoms. The normalized spacial score (nSPS) is 45.8. The monoisotopic (exact) mass is 180 g/mol. The first-order chi connectivity index (χ1) is 5.15. The number of halogens is 1. The zero-order valence-electron chi connectivity index (χ0n) is 6.40. The maximum Gasteiger partial charge on any atom is 0.0997 e. The summed E-state index contributed by atoms with van der Waals surface area (Å²) in [5, 5.41) is 17.6. The Hall–Kier alpha value is 0.170. The van der Waals surface area contributed by atoms with Gasteiger partial charge in [-0.15, -0.1) is 11.6 Å². The Kier molecular flexibility index (Phi) is 3.13. The summed E-state index contributed by atoms with van der Waals surface area (Å²) in [7, 11) is 0. The van der Waals surface area contributed by atoms with Gasteiger partial charge < -0.3 is 14.9 Å². The molecule has 0 radical (unpaired) electrons. The van der Waals surface area contributed by atoms with Crippen LogP contribution in [0.2, 0.25) is 0 Å². The van der Waals surface area contributed by atoms with Crippen LogP contribution in [0, 0.1) is 0 Å². The molecule has 0 amide bonds. The van der Waals surface area contributed by atoms with Crippen LogP contribution in [0.25, 0.3) is 0 Å². The van der Waals surface area contributed by atoms with Crippen molar-refractivity contribution < 1.29 is 14.9 Å². The summed E-state index contributed by atoms with van der Waals surface area (Å²) in [6.45, 7) is 1.73. The van der Waals surface area contributed by atoms with Gasteiger partial charge in [-0.3, -0.25) is 0 Å². The SMILES string of the molecule is C[C@H]1CC(O)[C@H](Cl)C(CO)O1. The lowest BCUT2D eigenvalue weighted by atomic mass is 10.0. The van der Waals surface area contributed by atoms with Gasteiger partial charge in [0.1, 0.15) is 0 Å². The first-order valence-electron chi connectivity index (χ1n) is 3.73. The molecule has 1 aliphatic rings. The van der Waals surface area contributed by atoms with Crippen molar-refractivity contribution in [1.29, 1.82) is 0 Å². The molecular formula is C7H13ClO3.